The Morgan fingerprint density at radius 1 is 1.00 bits per heavy atom. The van der Waals surface area contributed by atoms with Crippen LogP contribution in [0.25, 0.3) is 10.9 Å². The van der Waals surface area contributed by atoms with Gasteiger partial charge >= 0.3 is 0 Å². The molecular weight excluding hydrogens is 352 g/mol. The van der Waals surface area contributed by atoms with E-state index in [-0.39, 0.29) is 4.90 Å². The number of nitrogens with one attached hydrogen (secondary N) is 1. The van der Waals surface area contributed by atoms with Gasteiger partial charge < -0.3 is 0 Å². The van der Waals surface area contributed by atoms with Crippen LogP contribution in [-0.2, 0) is 10.0 Å². The Balaban J connectivity index is 2.06. The van der Waals surface area contributed by atoms with E-state index < -0.39 is 10.0 Å². The van der Waals surface area contributed by atoms with E-state index in [4.69, 9.17) is 0 Å². The summed E-state index contributed by atoms with van der Waals surface area (Å²) in [5, 5.41) is 0.763. The van der Waals surface area contributed by atoms with Crippen molar-refractivity contribution in [3.8, 4) is 0 Å². The number of nitrogens with zero attached hydrogens (tertiary/aromatic N) is 1. The zero-order valence-electron chi connectivity index (χ0n) is 10.8. The van der Waals surface area contributed by atoms with Gasteiger partial charge in [-0.3, -0.25) is 9.71 Å². The maximum absolute atomic E-state index is 12.4. The van der Waals surface area contributed by atoms with Gasteiger partial charge in [-0.15, -0.1) is 0 Å². The van der Waals surface area contributed by atoms with Crippen LogP contribution in [0.1, 0.15) is 0 Å². The van der Waals surface area contributed by atoms with Crippen LogP contribution < -0.4 is 4.72 Å². The van der Waals surface area contributed by atoms with Crippen molar-refractivity contribution in [1.29, 1.82) is 0 Å². The predicted molar refractivity (Wildman–Crippen MR) is 86.7 cm³/mol. The predicted octanol–water partition coefficient (Wildman–Crippen LogP) is 3.80. The smallest absolute Gasteiger partial charge is 0.261 e. The average molecular weight is 363 g/mol. The van der Waals surface area contributed by atoms with Gasteiger partial charge in [-0.25, -0.2) is 8.42 Å². The molecule has 0 amide bonds. The number of benzene rings is 2. The zero-order valence-corrected chi connectivity index (χ0v) is 13.2. The van der Waals surface area contributed by atoms with Gasteiger partial charge in [0.1, 0.15) is 0 Å². The zero-order chi connectivity index (χ0) is 14.9. The minimum absolute atomic E-state index is 0.206. The fraction of sp³-hybridized carbons (Fsp3) is 0. The Morgan fingerprint density at radius 2 is 1.81 bits per heavy atom. The highest BCUT2D eigenvalue weighted by atomic mass is 79.9. The van der Waals surface area contributed by atoms with Crippen LogP contribution in [0.2, 0.25) is 0 Å². The summed E-state index contributed by atoms with van der Waals surface area (Å²) in [6, 6.07) is 15.5. The Kier molecular flexibility index (Phi) is 3.65. The molecule has 0 bridgehead atoms. The van der Waals surface area contributed by atoms with E-state index in [1.54, 1.807) is 48.7 Å². The number of halogens is 1. The van der Waals surface area contributed by atoms with Crippen LogP contribution >= 0.6 is 15.9 Å². The third kappa shape index (κ3) is 2.91. The van der Waals surface area contributed by atoms with Crippen molar-refractivity contribution in [2.24, 2.45) is 0 Å². The van der Waals surface area contributed by atoms with E-state index in [0.717, 1.165) is 10.9 Å². The molecule has 21 heavy (non-hydrogen) atoms. The molecule has 0 saturated carbocycles. The van der Waals surface area contributed by atoms with E-state index in [0.29, 0.717) is 10.2 Å². The van der Waals surface area contributed by atoms with E-state index in [1.165, 1.54) is 0 Å². The fourth-order valence-electron chi connectivity index (χ4n) is 2.03. The molecule has 0 aliphatic rings. The van der Waals surface area contributed by atoms with Crippen LogP contribution in [0.3, 0.4) is 0 Å². The summed E-state index contributed by atoms with van der Waals surface area (Å²) in [6.45, 7) is 0. The molecule has 3 aromatic rings. The summed E-state index contributed by atoms with van der Waals surface area (Å²) in [4.78, 5) is 4.42. The number of hydrogen-bond acceptors (Lipinski definition) is 3. The Hall–Kier alpha value is -1.92. The SMILES string of the molecule is O=S(=O)(Nc1cccc2ncccc12)c1cccc(Br)c1. The Labute approximate surface area is 131 Å². The second-order valence-electron chi connectivity index (χ2n) is 4.44. The highest BCUT2D eigenvalue weighted by Crippen LogP contribution is 2.25. The minimum Gasteiger partial charge on any atom is -0.279 e. The quantitative estimate of drug-likeness (QED) is 0.770. The first kappa shape index (κ1) is 14.0. The highest BCUT2D eigenvalue weighted by Gasteiger charge is 2.15. The largest absolute Gasteiger partial charge is 0.279 e. The molecule has 1 heterocycles. The molecule has 106 valence electrons. The van der Waals surface area contributed by atoms with Gasteiger partial charge in [0.15, 0.2) is 0 Å². The summed E-state index contributed by atoms with van der Waals surface area (Å²) in [5.74, 6) is 0. The van der Waals surface area contributed by atoms with Crippen molar-refractivity contribution in [2.75, 3.05) is 4.72 Å². The van der Waals surface area contributed by atoms with Crippen molar-refractivity contribution in [3.63, 3.8) is 0 Å². The monoisotopic (exact) mass is 362 g/mol. The molecule has 0 radical (unpaired) electrons. The molecular formula is C15H11BrN2O2S. The molecule has 2 aromatic carbocycles. The summed E-state index contributed by atoms with van der Waals surface area (Å²) in [5.41, 5.74) is 1.26. The second-order valence-corrected chi connectivity index (χ2v) is 7.04. The van der Waals surface area contributed by atoms with Crippen molar-refractivity contribution >= 4 is 42.5 Å². The molecule has 4 nitrogen and oxygen atoms in total. The second kappa shape index (κ2) is 5.46. The lowest BCUT2D eigenvalue weighted by molar-refractivity contribution is 0.601. The maximum atomic E-state index is 12.4. The van der Waals surface area contributed by atoms with Crippen LogP contribution in [0.4, 0.5) is 5.69 Å². The Morgan fingerprint density at radius 3 is 2.62 bits per heavy atom. The molecule has 0 spiro atoms. The first-order chi connectivity index (χ1) is 10.1. The van der Waals surface area contributed by atoms with Gasteiger partial charge in [-0.1, -0.05) is 28.1 Å². The lowest BCUT2D eigenvalue weighted by atomic mass is 10.2. The fourth-order valence-corrected chi connectivity index (χ4v) is 3.71. The van der Waals surface area contributed by atoms with Crippen molar-refractivity contribution in [1.82, 2.24) is 4.98 Å². The van der Waals surface area contributed by atoms with Gasteiger partial charge in [-0.05, 0) is 42.5 Å². The molecule has 3 rings (SSSR count). The number of anilines is 1. The number of hydrogen-bond donors (Lipinski definition) is 1. The topological polar surface area (TPSA) is 59.1 Å². The van der Waals surface area contributed by atoms with Gasteiger partial charge in [0.05, 0.1) is 16.1 Å². The molecule has 0 atom stereocenters. The molecule has 0 aliphatic carbocycles. The number of sulfonamides is 1. The van der Waals surface area contributed by atoms with Crippen LogP contribution in [0.15, 0.2) is 70.2 Å². The lowest BCUT2D eigenvalue weighted by Gasteiger charge is -2.10. The van der Waals surface area contributed by atoms with Gasteiger partial charge in [0, 0.05) is 16.1 Å². The first-order valence-electron chi connectivity index (χ1n) is 6.18. The molecule has 0 aliphatic heterocycles. The molecule has 0 saturated heterocycles. The van der Waals surface area contributed by atoms with Gasteiger partial charge in [-0.2, -0.15) is 0 Å². The number of aromatic nitrogens is 1. The van der Waals surface area contributed by atoms with Crippen molar-refractivity contribution in [2.45, 2.75) is 4.90 Å². The van der Waals surface area contributed by atoms with E-state index in [2.05, 4.69) is 25.6 Å². The third-order valence-corrected chi connectivity index (χ3v) is 4.85. The normalized spacial score (nSPS) is 11.5. The molecule has 1 aromatic heterocycles. The summed E-state index contributed by atoms with van der Waals surface area (Å²) in [6.07, 6.45) is 1.68. The van der Waals surface area contributed by atoms with E-state index in [9.17, 15) is 8.42 Å². The number of fused-ring (bicyclic) bond motifs is 1. The number of rotatable bonds is 3. The van der Waals surface area contributed by atoms with Crippen LogP contribution in [-0.4, -0.2) is 13.4 Å². The van der Waals surface area contributed by atoms with Gasteiger partial charge in [0.25, 0.3) is 10.0 Å². The maximum Gasteiger partial charge on any atom is 0.261 e. The summed E-state index contributed by atoms with van der Waals surface area (Å²) in [7, 11) is -3.64. The average Bonchev–Trinajstić information content (AvgIpc) is 2.47. The first-order valence-corrected chi connectivity index (χ1v) is 8.46. The molecule has 6 heteroatoms. The molecule has 1 N–H and O–H groups in total. The Bertz CT molecular complexity index is 905. The van der Waals surface area contributed by atoms with Crippen molar-refractivity contribution < 1.29 is 8.42 Å². The van der Waals surface area contributed by atoms with E-state index >= 15 is 0 Å². The van der Waals surface area contributed by atoms with Crippen LogP contribution in [0, 0.1) is 0 Å². The molecule has 0 unspecified atom stereocenters. The standard InChI is InChI=1S/C15H11BrN2O2S/c16-11-4-1-5-12(10-11)21(19,20)18-15-8-2-7-14-13(15)6-3-9-17-14/h1-10,18H. The molecule has 0 fully saturated rings. The van der Waals surface area contributed by atoms with Gasteiger partial charge in [0.2, 0.25) is 0 Å². The minimum atomic E-state index is -3.64. The van der Waals surface area contributed by atoms with E-state index in [1.807, 2.05) is 12.1 Å². The summed E-state index contributed by atoms with van der Waals surface area (Å²) < 4.78 is 28.2. The van der Waals surface area contributed by atoms with Crippen LogP contribution in [0.5, 0.6) is 0 Å². The third-order valence-electron chi connectivity index (χ3n) is 3.00. The lowest BCUT2D eigenvalue weighted by Crippen LogP contribution is -2.13. The number of pyridine rings is 1. The summed E-state index contributed by atoms with van der Waals surface area (Å²) >= 11 is 3.28. The highest BCUT2D eigenvalue weighted by molar-refractivity contribution is 9.10. The van der Waals surface area contributed by atoms with Crippen molar-refractivity contribution in [3.05, 3.63) is 65.3 Å².